The van der Waals surface area contributed by atoms with Crippen LogP contribution >= 0.6 is 11.3 Å². The standard InChI is InChI=1S/C15H20FN3S/c1-10(2)9-17-8-7-13-18-19-15(20-13)12-6-4-5-11(3)14(12)16/h4-6,10,17H,7-9H2,1-3H3. The van der Waals surface area contributed by atoms with Crippen molar-refractivity contribution in [1.82, 2.24) is 15.5 Å². The van der Waals surface area contributed by atoms with Gasteiger partial charge in [0.2, 0.25) is 0 Å². The Labute approximate surface area is 123 Å². The lowest BCUT2D eigenvalue weighted by atomic mass is 10.1. The molecule has 0 saturated carbocycles. The van der Waals surface area contributed by atoms with Crippen LogP contribution in [0.15, 0.2) is 18.2 Å². The lowest BCUT2D eigenvalue weighted by Crippen LogP contribution is -2.22. The highest BCUT2D eigenvalue weighted by atomic mass is 32.1. The normalized spacial score (nSPS) is 11.2. The molecule has 108 valence electrons. The van der Waals surface area contributed by atoms with Crippen LogP contribution in [0.4, 0.5) is 4.39 Å². The summed E-state index contributed by atoms with van der Waals surface area (Å²) in [5.74, 6) is 0.439. The number of nitrogens with zero attached hydrogens (tertiary/aromatic N) is 2. The average molecular weight is 293 g/mol. The Morgan fingerprint density at radius 2 is 2.10 bits per heavy atom. The lowest BCUT2D eigenvalue weighted by Gasteiger charge is -2.05. The average Bonchev–Trinajstić information content (AvgIpc) is 2.86. The molecule has 0 radical (unpaired) electrons. The van der Waals surface area contributed by atoms with Crippen molar-refractivity contribution in [2.24, 2.45) is 5.92 Å². The summed E-state index contributed by atoms with van der Waals surface area (Å²) in [7, 11) is 0. The van der Waals surface area contributed by atoms with E-state index in [0.29, 0.717) is 22.1 Å². The molecule has 0 amide bonds. The maximum absolute atomic E-state index is 14.0. The van der Waals surface area contributed by atoms with Gasteiger partial charge in [0.25, 0.3) is 0 Å². The second kappa shape index (κ2) is 6.90. The van der Waals surface area contributed by atoms with Crippen LogP contribution in [0.25, 0.3) is 10.6 Å². The molecule has 3 nitrogen and oxygen atoms in total. The van der Waals surface area contributed by atoms with Crippen LogP contribution in [-0.2, 0) is 6.42 Å². The van der Waals surface area contributed by atoms with Crippen molar-refractivity contribution in [2.75, 3.05) is 13.1 Å². The minimum Gasteiger partial charge on any atom is -0.316 e. The van der Waals surface area contributed by atoms with Crippen molar-refractivity contribution < 1.29 is 4.39 Å². The summed E-state index contributed by atoms with van der Waals surface area (Å²) in [6.45, 7) is 7.99. The number of rotatable bonds is 6. The van der Waals surface area contributed by atoms with Crippen molar-refractivity contribution in [2.45, 2.75) is 27.2 Å². The van der Waals surface area contributed by atoms with Gasteiger partial charge in [0.15, 0.2) is 5.01 Å². The van der Waals surface area contributed by atoms with Gasteiger partial charge in [-0.05, 0) is 31.0 Å². The van der Waals surface area contributed by atoms with Gasteiger partial charge in [0.05, 0.1) is 0 Å². The van der Waals surface area contributed by atoms with E-state index in [1.165, 1.54) is 11.3 Å². The summed E-state index contributed by atoms with van der Waals surface area (Å²) in [5.41, 5.74) is 1.18. The number of hydrogen-bond donors (Lipinski definition) is 1. The summed E-state index contributed by atoms with van der Waals surface area (Å²) in [6.07, 6.45) is 0.831. The van der Waals surface area contributed by atoms with Gasteiger partial charge in [-0.25, -0.2) is 4.39 Å². The Hall–Kier alpha value is -1.33. The minimum atomic E-state index is -0.201. The number of hydrogen-bond acceptors (Lipinski definition) is 4. The van der Waals surface area contributed by atoms with E-state index in [9.17, 15) is 4.39 Å². The van der Waals surface area contributed by atoms with Gasteiger partial charge < -0.3 is 5.32 Å². The summed E-state index contributed by atoms with van der Waals surface area (Å²) in [5, 5.41) is 13.2. The van der Waals surface area contributed by atoms with E-state index in [1.807, 2.05) is 6.07 Å². The first-order chi connectivity index (χ1) is 9.58. The van der Waals surface area contributed by atoms with Crippen molar-refractivity contribution in [3.05, 3.63) is 34.6 Å². The Morgan fingerprint density at radius 3 is 2.85 bits per heavy atom. The molecule has 0 unspecified atom stereocenters. The maximum Gasteiger partial charge on any atom is 0.150 e. The zero-order chi connectivity index (χ0) is 14.5. The first-order valence-corrected chi connectivity index (χ1v) is 7.68. The fourth-order valence-electron chi connectivity index (χ4n) is 1.86. The molecule has 0 aliphatic rings. The third-order valence-electron chi connectivity index (χ3n) is 2.96. The van der Waals surface area contributed by atoms with Crippen LogP contribution in [0, 0.1) is 18.7 Å². The van der Waals surface area contributed by atoms with Gasteiger partial charge in [-0.3, -0.25) is 0 Å². The molecular formula is C15H20FN3S. The highest BCUT2D eigenvalue weighted by molar-refractivity contribution is 7.14. The predicted molar refractivity (Wildman–Crippen MR) is 81.5 cm³/mol. The van der Waals surface area contributed by atoms with Crippen LogP contribution in [0.2, 0.25) is 0 Å². The summed E-state index contributed by atoms with van der Waals surface area (Å²) in [4.78, 5) is 0. The van der Waals surface area contributed by atoms with Crippen molar-refractivity contribution in [3.8, 4) is 10.6 Å². The number of aryl methyl sites for hydroxylation is 1. The van der Waals surface area contributed by atoms with Crippen LogP contribution in [0.5, 0.6) is 0 Å². The summed E-state index contributed by atoms with van der Waals surface area (Å²) >= 11 is 1.47. The van der Waals surface area contributed by atoms with Crippen LogP contribution in [-0.4, -0.2) is 23.3 Å². The molecule has 1 heterocycles. The molecule has 0 saturated heterocycles. The van der Waals surface area contributed by atoms with Gasteiger partial charge in [-0.2, -0.15) is 0 Å². The smallest absolute Gasteiger partial charge is 0.150 e. The van der Waals surface area contributed by atoms with E-state index in [2.05, 4.69) is 29.4 Å². The quantitative estimate of drug-likeness (QED) is 0.829. The fraction of sp³-hybridized carbons (Fsp3) is 0.467. The zero-order valence-electron chi connectivity index (χ0n) is 12.1. The molecule has 5 heteroatoms. The molecule has 0 fully saturated rings. The van der Waals surface area contributed by atoms with Gasteiger partial charge >= 0.3 is 0 Å². The van der Waals surface area contributed by atoms with Crippen LogP contribution in [0.3, 0.4) is 0 Å². The van der Waals surface area contributed by atoms with Crippen LogP contribution < -0.4 is 5.32 Å². The van der Waals surface area contributed by atoms with Gasteiger partial charge in [0.1, 0.15) is 10.8 Å². The zero-order valence-corrected chi connectivity index (χ0v) is 12.9. The van der Waals surface area contributed by atoms with Crippen molar-refractivity contribution in [3.63, 3.8) is 0 Å². The van der Waals surface area contributed by atoms with Crippen molar-refractivity contribution >= 4 is 11.3 Å². The lowest BCUT2D eigenvalue weighted by molar-refractivity contribution is 0.553. The number of nitrogens with one attached hydrogen (secondary N) is 1. The molecule has 0 aliphatic heterocycles. The molecule has 0 aliphatic carbocycles. The molecule has 2 aromatic rings. The van der Waals surface area contributed by atoms with Gasteiger partial charge in [0, 0.05) is 18.5 Å². The van der Waals surface area contributed by atoms with Gasteiger partial charge in [-0.1, -0.05) is 37.3 Å². The summed E-state index contributed by atoms with van der Waals surface area (Å²) in [6, 6.07) is 5.36. The minimum absolute atomic E-state index is 0.201. The number of aromatic nitrogens is 2. The highest BCUT2D eigenvalue weighted by Gasteiger charge is 2.12. The summed E-state index contributed by atoms with van der Waals surface area (Å²) < 4.78 is 14.0. The van der Waals surface area contributed by atoms with Crippen LogP contribution in [0.1, 0.15) is 24.4 Å². The molecular weight excluding hydrogens is 273 g/mol. The number of benzene rings is 1. The molecule has 2 rings (SSSR count). The molecule has 1 N–H and O–H groups in total. The van der Waals surface area contributed by atoms with E-state index in [4.69, 9.17) is 0 Å². The molecule has 20 heavy (non-hydrogen) atoms. The largest absolute Gasteiger partial charge is 0.316 e. The second-order valence-corrected chi connectivity index (χ2v) is 6.35. The molecule has 0 bridgehead atoms. The third kappa shape index (κ3) is 3.84. The topological polar surface area (TPSA) is 37.8 Å². The van der Waals surface area contributed by atoms with E-state index in [0.717, 1.165) is 24.5 Å². The molecule has 1 aromatic heterocycles. The van der Waals surface area contributed by atoms with E-state index < -0.39 is 0 Å². The second-order valence-electron chi connectivity index (χ2n) is 5.29. The Morgan fingerprint density at radius 1 is 1.30 bits per heavy atom. The molecule has 1 aromatic carbocycles. The van der Waals surface area contributed by atoms with E-state index >= 15 is 0 Å². The monoisotopic (exact) mass is 293 g/mol. The first-order valence-electron chi connectivity index (χ1n) is 6.86. The Bertz CT molecular complexity index is 566. The van der Waals surface area contributed by atoms with E-state index in [1.54, 1.807) is 19.1 Å². The number of halogens is 1. The predicted octanol–water partition coefficient (Wildman–Crippen LogP) is 3.44. The fourth-order valence-corrected chi connectivity index (χ4v) is 2.72. The Balaban J connectivity index is 2.00. The van der Waals surface area contributed by atoms with Gasteiger partial charge in [-0.15, -0.1) is 10.2 Å². The SMILES string of the molecule is Cc1cccc(-c2nnc(CCNCC(C)C)s2)c1F. The van der Waals surface area contributed by atoms with Crippen molar-refractivity contribution in [1.29, 1.82) is 0 Å². The third-order valence-corrected chi connectivity index (χ3v) is 3.97. The highest BCUT2D eigenvalue weighted by Crippen LogP contribution is 2.27. The first kappa shape index (κ1) is 15.1. The molecule has 0 atom stereocenters. The maximum atomic E-state index is 14.0. The molecule has 0 spiro atoms. The Kier molecular flexibility index (Phi) is 5.20. The van der Waals surface area contributed by atoms with E-state index in [-0.39, 0.29) is 5.82 Å².